The number of rotatable bonds is 24. The first-order chi connectivity index (χ1) is 17.6. The molecule has 0 bridgehead atoms. The van der Waals surface area contributed by atoms with Gasteiger partial charge in [0.05, 0.1) is 66.1 Å². The molecule has 0 saturated carbocycles. The maximum Gasteiger partial charge on any atom is 0.305 e. The lowest BCUT2D eigenvalue weighted by molar-refractivity contribution is -0.145. The highest BCUT2D eigenvalue weighted by atomic mass is 16.6. The second kappa shape index (κ2) is 23.2. The minimum Gasteiger partial charge on any atom is -0.491 e. The molecule has 1 rings (SSSR count). The van der Waals surface area contributed by atoms with Crippen molar-refractivity contribution in [2.75, 3.05) is 84.6 Å². The van der Waals surface area contributed by atoms with Crippen LogP contribution in [0.2, 0.25) is 0 Å². The van der Waals surface area contributed by atoms with Crippen LogP contribution in [0.3, 0.4) is 0 Å². The molecule has 0 aliphatic rings. The smallest absolute Gasteiger partial charge is 0.305 e. The summed E-state index contributed by atoms with van der Waals surface area (Å²) in [7, 11) is 0. The van der Waals surface area contributed by atoms with Crippen LogP contribution in [-0.4, -0.2) is 91.2 Å². The van der Waals surface area contributed by atoms with Crippen molar-refractivity contribution < 1.29 is 42.7 Å². The zero-order valence-corrected chi connectivity index (χ0v) is 21.8. The average molecular weight is 514 g/mol. The highest BCUT2D eigenvalue weighted by Gasteiger charge is 2.02. The van der Waals surface area contributed by atoms with Crippen LogP contribution in [0.1, 0.15) is 39.5 Å². The van der Waals surface area contributed by atoms with Gasteiger partial charge in [-0.25, -0.2) is 0 Å². The molecule has 36 heavy (non-hydrogen) atoms. The van der Waals surface area contributed by atoms with Crippen molar-refractivity contribution in [3.05, 3.63) is 24.3 Å². The van der Waals surface area contributed by atoms with Crippen molar-refractivity contribution in [2.24, 2.45) is 0 Å². The van der Waals surface area contributed by atoms with Crippen LogP contribution in [0.5, 0.6) is 5.75 Å². The molecule has 0 unspecified atom stereocenters. The summed E-state index contributed by atoms with van der Waals surface area (Å²) in [4.78, 5) is 22.4. The Morgan fingerprint density at radius 2 is 1.14 bits per heavy atom. The second-order valence-corrected chi connectivity index (χ2v) is 7.79. The molecule has 1 N–H and O–H groups in total. The molecule has 0 atom stereocenters. The SMILES string of the molecule is CCCCCC(=O)OCCOCCOCCOCCOCCOCCOc1ccc(NC(C)=O)cc1. The van der Waals surface area contributed by atoms with Gasteiger partial charge in [-0.05, 0) is 30.7 Å². The fourth-order valence-electron chi connectivity index (χ4n) is 2.84. The number of ether oxygens (including phenoxy) is 7. The number of carbonyl (C=O) groups is 2. The van der Waals surface area contributed by atoms with E-state index in [-0.39, 0.29) is 18.5 Å². The summed E-state index contributed by atoms with van der Waals surface area (Å²) < 4.78 is 37.8. The van der Waals surface area contributed by atoms with Gasteiger partial charge in [-0.2, -0.15) is 0 Å². The van der Waals surface area contributed by atoms with E-state index < -0.39 is 0 Å². The first kappa shape index (κ1) is 31.8. The Hall–Kier alpha value is -2.24. The van der Waals surface area contributed by atoms with Crippen LogP contribution in [0.25, 0.3) is 0 Å². The number of nitrogens with one attached hydrogen (secondary N) is 1. The molecule has 206 valence electrons. The molecule has 1 aromatic rings. The van der Waals surface area contributed by atoms with E-state index in [0.717, 1.165) is 24.9 Å². The number of amides is 1. The Balaban J connectivity index is 1.75. The third kappa shape index (κ3) is 20.0. The Morgan fingerprint density at radius 1 is 0.667 bits per heavy atom. The van der Waals surface area contributed by atoms with Gasteiger partial charge in [0.2, 0.25) is 5.91 Å². The molecule has 0 saturated heterocycles. The number of carbonyl (C=O) groups excluding carboxylic acids is 2. The van der Waals surface area contributed by atoms with Crippen LogP contribution in [-0.2, 0) is 38.0 Å². The van der Waals surface area contributed by atoms with Gasteiger partial charge in [-0.15, -0.1) is 0 Å². The molecular formula is C26H43NO9. The van der Waals surface area contributed by atoms with Crippen LogP contribution >= 0.6 is 0 Å². The van der Waals surface area contributed by atoms with E-state index in [2.05, 4.69) is 12.2 Å². The maximum atomic E-state index is 11.4. The normalized spacial score (nSPS) is 10.8. The molecule has 0 radical (unpaired) electrons. The summed E-state index contributed by atoms with van der Waals surface area (Å²) in [5.74, 6) is 0.447. The van der Waals surface area contributed by atoms with Crippen molar-refractivity contribution in [3.63, 3.8) is 0 Å². The van der Waals surface area contributed by atoms with Gasteiger partial charge in [0.15, 0.2) is 0 Å². The Bertz CT molecular complexity index is 670. The summed E-state index contributed by atoms with van der Waals surface area (Å²) in [5, 5.41) is 2.70. The lowest BCUT2D eigenvalue weighted by atomic mass is 10.2. The number of unbranched alkanes of at least 4 members (excludes halogenated alkanes) is 2. The van der Waals surface area contributed by atoms with Crippen molar-refractivity contribution in [3.8, 4) is 5.75 Å². The largest absolute Gasteiger partial charge is 0.491 e. The van der Waals surface area contributed by atoms with E-state index in [0.29, 0.717) is 84.8 Å². The molecule has 1 amide bonds. The van der Waals surface area contributed by atoms with E-state index >= 15 is 0 Å². The van der Waals surface area contributed by atoms with Crippen LogP contribution in [0.15, 0.2) is 24.3 Å². The second-order valence-electron chi connectivity index (χ2n) is 7.79. The summed E-state index contributed by atoms with van der Waals surface area (Å²) >= 11 is 0. The molecule has 0 fully saturated rings. The topological polar surface area (TPSA) is 111 Å². The highest BCUT2D eigenvalue weighted by Crippen LogP contribution is 2.15. The predicted octanol–water partition coefficient (Wildman–Crippen LogP) is 3.23. The first-order valence-electron chi connectivity index (χ1n) is 12.7. The molecule has 0 aliphatic carbocycles. The number of hydrogen-bond donors (Lipinski definition) is 1. The van der Waals surface area contributed by atoms with Gasteiger partial charge in [0, 0.05) is 19.0 Å². The monoisotopic (exact) mass is 513 g/mol. The predicted molar refractivity (Wildman–Crippen MR) is 135 cm³/mol. The molecule has 0 aromatic heterocycles. The lowest BCUT2D eigenvalue weighted by Crippen LogP contribution is -2.15. The van der Waals surface area contributed by atoms with Crippen LogP contribution in [0, 0.1) is 0 Å². The summed E-state index contributed by atoms with van der Waals surface area (Å²) in [5.41, 5.74) is 0.732. The third-order valence-electron chi connectivity index (χ3n) is 4.63. The Kier molecular flexibility index (Phi) is 20.5. The fourth-order valence-corrected chi connectivity index (χ4v) is 2.84. The Morgan fingerprint density at radius 3 is 1.61 bits per heavy atom. The molecule has 10 heteroatoms. The van der Waals surface area contributed by atoms with Gasteiger partial charge in [0.25, 0.3) is 0 Å². The zero-order valence-electron chi connectivity index (χ0n) is 21.8. The number of benzene rings is 1. The first-order valence-corrected chi connectivity index (χ1v) is 12.7. The van der Waals surface area contributed by atoms with E-state index in [1.54, 1.807) is 24.3 Å². The van der Waals surface area contributed by atoms with Crippen molar-refractivity contribution in [1.29, 1.82) is 0 Å². The maximum absolute atomic E-state index is 11.4. The lowest BCUT2D eigenvalue weighted by Gasteiger charge is -2.09. The summed E-state index contributed by atoms with van der Waals surface area (Å²) in [6.07, 6.45) is 3.49. The minimum atomic E-state index is -0.161. The van der Waals surface area contributed by atoms with Gasteiger partial charge in [0.1, 0.15) is 19.0 Å². The highest BCUT2D eigenvalue weighted by molar-refractivity contribution is 5.88. The molecular weight excluding hydrogens is 470 g/mol. The molecule has 10 nitrogen and oxygen atoms in total. The van der Waals surface area contributed by atoms with E-state index in [4.69, 9.17) is 33.2 Å². The number of esters is 1. The zero-order chi connectivity index (χ0) is 26.1. The minimum absolute atomic E-state index is 0.108. The van der Waals surface area contributed by atoms with Gasteiger partial charge >= 0.3 is 5.97 Å². The van der Waals surface area contributed by atoms with Gasteiger partial charge < -0.3 is 38.5 Å². The van der Waals surface area contributed by atoms with Crippen molar-refractivity contribution >= 4 is 17.6 Å². The molecule has 1 aromatic carbocycles. The van der Waals surface area contributed by atoms with Gasteiger partial charge in [-0.3, -0.25) is 9.59 Å². The van der Waals surface area contributed by atoms with Gasteiger partial charge in [-0.1, -0.05) is 19.8 Å². The Labute approximate surface area is 214 Å². The van der Waals surface area contributed by atoms with Crippen LogP contribution in [0.4, 0.5) is 5.69 Å². The van der Waals surface area contributed by atoms with Crippen molar-refractivity contribution in [2.45, 2.75) is 39.5 Å². The molecule has 0 heterocycles. The number of hydrogen-bond acceptors (Lipinski definition) is 9. The van der Waals surface area contributed by atoms with Crippen LogP contribution < -0.4 is 10.1 Å². The van der Waals surface area contributed by atoms with E-state index in [9.17, 15) is 9.59 Å². The van der Waals surface area contributed by atoms with Crippen molar-refractivity contribution in [1.82, 2.24) is 0 Å². The quantitative estimate of drug-likeness (QED) is 0.164. The van der Waals surface area contributed by atoms with E-state index in [1.807, 2.05) is 0 Å². The fraction of sp³-hybridized carbons (Fsp3) is 0.692. The molecule has 0 aliphatic heterocycles. The van der Waals surface area contributed by atoms with E-state index in [1.165, 1.54) is 6.92 Å². The standard InChI is InChI=1S/C26H43NO9/c1-3-4-5-6-26(29)36-22-20-34-18-16-32-14-12-30-11-13-31-15-17-33-19-21-35-25-9-7-24(8-10-25)27-23(2)28/h7-10H,3-6,11-22H2,1-2H3,(H,27,28). The third-order valence-corrected chi connectivity index (χ3v) is 4.63. The average Bonchev–Trinajstić information content (AvgIpc) is 2.86. The summed E-state index contributed by atoms with van der Waals surface area (Å²) in [6.45, 7) is 8.93. The molecule has 0 spiro atoms. The number of anilines is 1. The summed E-state index contributed by atoms with van der Waals surface area (Å²) in [6, 6.07) is 7.16.